The summed E-state index contributed by atoms with van der Waals surface area (Å²) in [5.74, 6) is -0.518. The van der Waals surface area contributed by atoms with Crippen molar-refractivity contribution >= 4 is 17.7 Å². The van der Waals surface area contributed by atoms with E-state index in [2.05, 4.69) is 23.3 Å². The lowest BCUT2D eigenvalue weighted by molar-refractivity contribution is -0.138. The largest absolute Gasteiger partial charge is 0.357 e. The summed E-state index contributed by atoms with van der Waals surface area (Å²) in [4.78, 5) is 39.8. The molecular formula is C23H28N4O3. The SMILES string of the molecule is C=CC(=O)N1[C@H](C(=O)N[C@@H](Cc2ccc(C#N)cc2)C(=O)NC)C[C@@H]2CCCC[C@@H]21. The average molecular weight is 409 g/mol. The van der Waals surface area contributed by atoms with E-state index in [-0.39, 0.29) is 23.8 Å². The number of carbonyl (C=O) groups excluding carboxylic acids is 3. The van der Waals surface area contributed by atoms with Gasteiger partial charge in [-0.15, -0.1) is 0 Å². The Morgan fingerprint density at radius 2 is 1.97 bits per heavy atom. The predicted octanol–water partition coefficient (Wildman–Crippen LogP) is 1.68. The predicted molar refractivity (Wildman–Crippen MR) is 112 cm³/mol. The highest BCUT2D eigenvalue weighted by Gasteiger charge is 2.47. The van der Waals surface area contributed by atoms with Gasteiger partial charge in [-0.05, 0) is 49.0 Å². The van der Waals surface area contributed by atoms with Gasteiger partial charge in [0.15, 0.2) is 0 Å². The topological polar surface area (TPSA) is 102 Å². The van der Waals surface area contributed by atoms with Crippen LogP contribution in [0.25, 0.3) is 0 Å². The number of benzene rings is 1. The van der Waals surface area contributed by atoms with Gasteiger partial charge in [-0.25, -0.2) is 0 Å². The summed E-state index contributed by atoms with van der Waals surface area (Å²) in [6.07, 6.45) is 6.27. The molecule has 3 rings (SSSR count). The van der Waals surface area contributed by atoms with E-state index >= 15 is 0 Å². The molecule has 1 saturated carbocycles. The molecule has 7 heteroatoms. The molecular weight excluding hydrogens is 380 g/mol. The number of nitrogens with one attached hydrogen (secondary N) is 2. The molecule has 0 unspecified atom stereocenters. The molecule has 30 heavy (non-hydrogen) atoms. The van der Waals surface area contributed by atoms with Crippen LogP contribution in [-0.4, -0.2) is 47.8 Å². The zero-order valence-electron chi connectivity index (χ0n) is 17.3. The molecule has 0 bridgehead atoms. The number of hydrogen-bond acceptors (Lipinski definition) is 4. The highest BCUT2D eigenvalue weighted by Crippen LogP contribution is 2.40. The number of nitriles is 1. The molecule has 1 aromatic rings. The Kier molecular flexibility index (Phi) is 6.88. The summed E-state index contributed by atoms with van der Waals surface area (Å²) in [7, 11) is 1.53. The van der Waals surface area contributed by atoms with Gasteiger partial charge < -0.3 is 15.5 Å². The Morgan fingerprint density at radius 1 is 1.27 bits per heavy atom. The van der Waals surface area contributed by atoms with Crippen LogP contribution in [-0.2, 0) is 20.8 Å². The summed E-state index contributed by atoms with van der Waals surface area (Å²) < 4.78 is 0. The molecule has 1 heterocycles. The number of rotatable bonds is 6. The van der Waals surface area contributed by atoms with Crippen molar-refractivity contribution in [2.45, 2.75) is 56.7 Å². The fourth-order valence-electron chi connectivity index (χ4n) is 4.72. The minimum atomic E-state index is -0.765. The first-order valence-corrected chi connectivity index (χ1v) is 10.4. The molecule has 2 aliphatic rings. The minimum Gasteiger partial charge on any atom is -0.357 e. The molecule has 0 spiro atoms. The Balaban J connectivity index is 1.76. The average Bonchev–Trinajstić information content (AvgIpc) is 3.17. The van der Waals surface area contributed by atoms with Gasteiger partial charge in [-0.3, -0.25) is 14.4 Å². The minimum absolute atomic E-state index is 0.0666. The van der Waals surface area contributed by atoms with Crippen LogP contribution in [0.4, 0.5) is 0 Å². The van der Waals surface area contributed by atoms with E-state index in [1.807, 2.05) is 0 Å². The summed E-state index contributed by atoms with van der Waals surface area (Å²) in [6.45, 7) is 3.60. The van der Waals surface area contributed by atoms with Crippen LogP contribution < -0.4 is 10.6 Å². The van der Waals surface area contributed by atoms with E-state index in [1.165, 1.54) is 13.1 Å². The molecule has 1 saturated heterocycles. The third kappa shape index (κ3) is 4.54. The van der Waals surface area contributed by atoms with Crippen molar-refractivity contribution in [2.75, 3.05) is 7.05 Å². The van der Waals surface area contributed by atoms with Crippen molar-refractivity contribution < 1.29 is 14.4 Å². The summed E-state index contributed by atoms with van der Waals surface area (Å²) in [5.41, 5.74) is 1.37. The third-order valence-corrected chi connectivity index (χ3v) is 6.22. The Morgan fingerprint density at radius 3 is 2.60 bits per heavy atom. The zero-order chi connectivity index (χ0) is 21.7. The van der Waals surface area contributed by atoms with Crippen LogP contribution in [0.15, 0.2) is 36.9 Å². The van der Waals surface area contributed by atoms with Gasteiger partial charge in [-0.2, -0.15) is 5.26 Å². The van der Waals surface area contributed by atoms with Crippen LogP contribution in [0.3, 0.4) is 0 Å². The normalized spacial score (nSPS) is 23.6. The van der Waals surface area contributed by atoms with Crippen LogP contribution >= 0.6 is 0 Å². The summed E-state index contributed by atoms with van der Waals surface area (Å²) >= 11 is 0. The first-order valence-electron chi connectivity index (χ1n) is 10.4. The molecule has 2 fully saturated rings. The molecule has 1 aliphatic heterocycles. The van der Waals surface area contributed by atoms with E-state index in [9.17, 15) is 14.4 Å². The highest BCUT2D eigenvalue weighted by molar-refractivity contribution is 5.95. The molecule has 3 amide bonds. The number of likely N-dealkylation sites (N-methyl/N-ethyl adjacent to an activating group) is 1. The molecule has 1 aromatic carbocycles. The van der Waals surface area contributed by atoms with Gasteiger partial charge in [0.2, 0.25) is 17.7 Å². The van der Waals surface area contributed by atoms with E-state index < -0.39 is 12.1 Å². The maximum Gasteiger partial charge on any atom is 0.246 e. The van der Waals surface area contributed by atoms with Crippen molar-refractivity contribution in [1.82, 2.24) is 15.5 Å². The van der Waals surface area contributed by atoms with Gasteiger partial charge in [0.1, 0.15) is 12.1 Å². The number of fused-ring (bicyclic) bond motifs is 1. The second kappa shape index (κ2) is 9.57. The van der Waals surface area contributed by atoms with Crippen LogP contribution in [0, 0.1) is 17.2 Å². The van der Waals surface area contributed by atoms with Crippen molar-refractivity contribution in [2.24, 2.45) is 5.92 Å². The van der Waals surface area contributed by atoms with E-state index in [0.717, 1.165) is 31.2 Å². The Labute approximate surface area is 177 Å². The maximum absolute atomic E-state index is 13.2. The quantitative estimate of drug-likeness (QED) is 0.699. The fourth-order valence-corrected chi connectivity index (χ4v) is 4.72. The van der Waals surface area contributed by atoms with Crippen molar-refractivity contribution in [3.8, 4) is 6.07 Å². The second-order valence-electron chi connectivity index (χ2n) is 8.00. The van der Waals surface area contributed by atoms with Crippen molar-refractivity contribution in [3.05, 3.63) is 48.0 Å². The number of amides is 3. The van der Waals surface area contributed by atoms with E-state index in [0.29, 0.717) is 24.3 Å². The summed E-state index contributed by atoms with van der Waals surface area (Å²) in [6, 6.07) is 7.70. The lowest BCUT2D eigenvalue weighted by Crippen LogP contribution is -2.54. The lowest BCUT2D eigenvalue weighted by Gasteiger charge is -2.33. The molecule has 7 nitrogen and oxygen atoms in total. The molecule has 158 valence electrons. The standard InChI is InChI=1S/C23H28N4O3/c1-3-21(28)27-19-7-5-4-6-17(19)13-20(27)23(30)26-18(22(29)25-2)12-15-8-10-16(14-24)11-9-15/h3,8-11,17-20H,1,4-7,12-13H2,2H3,(H,25,29)(H,26,30)/t17-,18-,19-,20-/m0/s1. The third-order valence-electron chi connectivity index (χ3n) is 6.22. The van der Waals surface area contributed by atoms with Crippen molar-refractivity contribution in [1.29, 1.82) is 5.26 Å². The highest BCUT2D eigenvalue weighted by atomic mass is 16.2. The molecule has 4 atom stereocenters. The monoisotopic (exact) mass is 408 g/mol. The Bertz CT molecular complexity index is 858. The van der Waals surface area contributed by atoms with Crippen LogP contribution in [0.2, 0.25) is 0 Å². The summed E-state index contributed by atoms with van der Waals surface area (Å²) in [5, 5.41) is 14.4. The zero-order valence-corrected chi connectivity index (χ0v) is 17.3. The van der Waals surface area contributed by atoms with Gasteiger partial charge in [0, 0.05) is 19.5 Å². The molecule has 0 aromatic heterocycles. The first kappa shape index (κ1) is 21.6. The molecule has 1 aliphatic carbocycles. The van der Waals surface area contributed by atoms with E-state index in [4.69, 9.17) is 5.26 Å². The number of hydrogen-bond donors (Lipinski definition) is 2. The van der Waals surface area contributed by atoms with Crippen LogP contribution in [0.1, 0.15) is 43.2 Å². The molecule has 2 N–H and O–H groups in total. The molecule has 0 radical (unpaired) electrons. The van der Waals surface area contributed by atoms with Gasteiger partial charge in [-0.1, -0.05) is 31.6 Å². The van der Waals surface area contributed by atoms with Gasteiger partial charge in [0.05, 0.1) is 11.6 Å². The smallest absolute Gasteiger partial charge is 0.246 e. The van der Waals surface area contributed by atoms with E-state index in [1.54, 1.807) is 29.2 Å². The number of nitrogens with zero attached hydrogens (tertiary/aromatic N) is 2. The number of carbonyl (C=O) groups is 3. The van der Waals surface area contributed by atoms with Crippen LogP contribution in [0.5, 0.6) is 0 Å². The van der Waals surface area contributed by atoms with Gasteiger partial charge >= 0.3 is 0 Å². The Hall–Kier alpha value is -3.14. The fraction of sp³-hybridized carbons (Fsp3) is 0.478. The van der Waals surface area contributed by atoms with Gasteiger partial charge in [0.25, 0.3) is 0 Å². The lowest BCUT2D eigenvalue weighted by atomic mass is 9.84. The second-order valence-corrected chi connectivity index (χ2v) is 8.00. The van der Waals surface area contributed by atoms with Crippen molar-refractivity contribution in [3.63, 3.8) is 0 Å². The maximum atomic E-state index is 13.2. The first-order chi connectivity index (χ1) is 14.5. The number of likely N-dealkylation sites (tertiary alicyclic amines) is 1.